The maximum atomic E-state index is 12.4. The molecule has 0 spiro atoms. The maximum Gasteiger partial charge on any atom is 0.519 e. The Labute approximate surface area is 151 Å². The van der Waals surface area contributed by atoms with Gasteiger partial charge in [-0.3, -0.25) is 0 Å². The van der Waals surface area contributed by atoms with Crippen molar-refractivity contribution in [3.63, 3.8) is 0 Å². The highest BCUT2D eigenvalue weighted by molar-refractivity contribution is 6.07. The van der Waals surface area contributed by atoms with E-state index in [1.807, 2.05) is 62.4 Å². The topological polar surface area (TPSA) is 35.5 Å². The van der Waals surface area contributed by atoms with Gasteiger partial charge in [-0.05, 0) is 48.4 Å². The second-order valence-corrected chi connectivity index (χ2v) is 6.37. The third kappa shape index (κ3) is 3.00. The fourth-order valence-corrected chi connectivity index (χ4v) is 3.23. The highest BCUT2D eigenvalue weighted by atomic mass is 16.7. The molecule has 0 atom stereocenters. The van der Waals surface area contributed by atoms with E-state index in [0.717, 1.165) is 32.7 Å². The number of ether oxygens (including phenoxy) is 2. The van der Waals surface area contributed by atoms with Crippen LogP contribution in [0.25, 0.3) is 21.5 Å². The smallest absolute Gasteiger partial charge is 0.395 e. The van der Waals surface area contributed by atoms with Gasteiger partial charge in [0, 0.05) is 10.8 Å². The molecule has 0 heterocycles. The Morgan fingerprint density at radius 3 is 2.38 bits per heavy atom. The summed E-state index contributed by atoms with van der Waals surface area (Å²) in [4.78, 5) is 12.4. The van der Waals surface area contributed by atoms with E-state index in [4.69, 9.17) is 9.47 Å². The van der Waals surface area contributed by atoms with Crippen LogP contribution in [-0.4, -0.2) is 6.16 Å². The van der Waals surface area contributed by atoms with Crippen molar-refractivity contribution in [2.24, 2.45) is 0 Å². The molecule has 0 aliphatic carbocycles. The van der Waals surface area contributed by atoms with Gasteiger partial charge in [0.25, 0.3) is 0 Å². The van der Waals surface area contributed by atoms with Gasteiger partial charge < -0.3 is 9.47 Å². The van der Waals surface area contributed by atoms with Crippen LogP contribution in [0, 0.1) is 13.8 Å². The molecule has 0 aliphatic heterocycles. The number of rotatable bonds is 2. The van der Waals surface area contributed by atoms with Gasteiger partial charge in [-0.25, -0.2) is 4.79 Å². The van der Waals surface area contributed by atoms with E-state index in [9.17, 15) is 4.79 Å². The molecule has 0 unspecified atom stereocenters. The Kier molecular flexibility index (Phi) is 4.05. The van der Waals surface area contributed by atoms with Crippen LogP contribution in [0.15, 0.2) is 72.8 Å². The van der Waals surface area contributed by atoms with Crippen LogP contribution in [0.3, 0.4) is 0 Å². The van der Waals surface area contributed by atoms with Crippen molar-refractivity contribution < 1.29 is 14.3 Å². The van der Waals surface area contributed by atoms with Crippen LogP contribution < -0.4 is 9.47 Å². The molecule has 0 fully saturated rings. The highest BCUT2D eigenvalue weighted by Crippen LogP contribution is 2.37. The van der Waals surface area contributed by atoms with Crippen LogP contribution in [-0.2, 0) is 0 Å². The number of carbonyl (C=O) groups is 1. The molecule has 4 aromatic rings. The molecular weight excluding hydrogens is 324 g/mol. The lowest BCUT2D eigenvalue weighted by Gasteiger charge is -2.14. The van der Waals surface area contributed by atoms with E-state index in [-0.39, 0.29) is 0 Å². The normalized spacial score (nSPS) is 10.8. The molecule has 4 aromatic carbocycles. The van der Waals surface area contributed by atoms with Crippen molar-refractivity contribution in [2.45, 2.75) is 13.8 Å². The first kappa shape index (κ1) is 16.2. The average molecular weight is 342 g/mol. The second-order valence-electron chi connectivity index (χ2n) is 6.37. The number of hydrogen-bond donors (Lipinski definition) is 0. The lowest BCUT2D eigenvalue weighted by molar-refractivity contribution is 0.153. The van der Waals surface area contributed by atoms with E-state index in [1.54, 1.807) is 12.1 Å². The number of benzene rings is 4. The molecular formula is C23H18O3. The molecule has 4 rings (SSSR count). The lowest BCUT2D eigenvalue weighted by Crippen LogP contribution is -2.14. The minimum Gasteiger partial charge on any atom is -0.395 e. The number of aryl methyl sites for hydroxylation is 2. The summed E-state index contributed by atoms with van der Waals surface area (Å²) in [5.41, 5.74) is 2.20. The van der Waals surface area contributed by atoms with Gasteiger partial charge in [-0.2, -0.15) is 0 Å². The van der Waals surface area contributed by atoms with Gasteiger partial charge in [0.1, 0.15) is 11.5 Å². The van der Waals surface area contributed by atoms with Gasteiger partial charge in [0.15, 0.2) is 0 Å². The Morgan fingerprint density at radius 2 is 1.58 bits per heavy atom. The minimum atomic E-state index is -0.742. The SMILES string of the molecule is Cc1ccc2c(OC(=O)Oc3ccccc3)c3c(C)cccc3cc2c1. The first-order valence-corrected chi connectivity index (χ1v) is 8.49. The molecule has 0 amide bonds. The fraction of sp³-hybridized carbons (Fsp3) is 0.0870. The zero-order valence-corrected chi connectivity index (χ0v) is 14.7. The van der Waals surface area contributed by atoms with Crippen LogP contribution in [0.4, 0.5) is 4.79 Å². The summed E-state index contributed by atoms with van der Waals surface area (Å²) in [6.45, 7) is 4.06. The van der Waals surface area contributed by atoms with E-state index in [2.05, 4.69) is 12.1 Å². The largest absolute Gasteiger partial charge is 0.519 e. The molecule has 0 aliphatic rings. The third-order valence-corrected chi connectivity index (χ3v) is 4.42. The summed E-state index contributed by atoms with van der Waals surface area (Å²) in [6, 6.07) is 23.2. The van der Waals surface area contributed by atoms with Crippen molar-refractivity contribution in [3.8, 4) is 11.5 Å². The van der Waals surface area contributed by atoms with E-state index >= 15 is 0 Å². The Balaban J connectivity index is 1.84. The Morgan fingerprint density at radius 1 is 0.769 bits per heavy atom. The molecule has 0 bridgehead atoms. The highest BCUT2D eigenvalue weighted by Gasteiger charge is 2.16. The Hall–Kier alpha value is -3.33. The molecule has 0 saturated carbocycles. The first-order chi connectivity index (χ1) is 12.6. The zero-order chi connectivity index (χ0) is 18.1. The molecule has 0 aromatic heterocycles. The van der Waals surface area contributed by atoms with Crippen molar-refractivity contribution in [1.29, 1.82) is 0 Å². The summed E-state index contributed by atoms with van der Waals surface area (Å²) in [6.07, 6.45) is -0.742. The molecule has 0 radical (unpaired) electrons. The summed E-state index contributed by atoms with van der Waals surface area (Å²) in [5.74, 6) is 0.992. The molecule has 3 nitrogen and oxygen atoms in total. The third-order valence-electron chi connectivity index (χ3n) is 4.42. The predicted octanol–water partition coefficient (Wildman–Crippen LogP) is 6.19. The van der Waals surface area contributed by atoms with Gasteiger partial charge in [0.2, 0.25) is 0 Å². The first-order valence-electron chi connectivity index (χ1n) is 8.49. The molecule has 0 N–H and O–H groups in total. The minimum absolute atomic E-state index is 0.453. The summed E-state index contributed by atoms with van der Waals surface area (Å²) in [7, 11) is 0. The van der Waals surface area contributed by atoms with E-state index in [0.29, 0.717) is 11.5 Å². The van der Waals surface area contributed by atoms with Gasteiger partial charge in [-0.1, -0.05) is 60.2 Å². The fourth-order valence-electron chi connectivity index (χ4n) is 3.23. The van der Waals surface area contributed by atoms with Gasteiger partial charge in [-0.15, -0.1) is 0 Å². The van der Waals surface area contributed by atoms with Crippen molar-refractivity contribution >= 4 is 27.7 Å². The number of hydrogen-bond acceptors (Lipinski definition) is 3. The summed E-state index contributed by atoms with van der Waals surface area (Å²) < 4.78 is 11.0. The van der Waals surface area contributed by atoms with Crippen molar-refractivity contribution in [3.05, 3.63) is 83.9 Å². The number of carbonyl (C=O) groups excluding carboxylic acids is 1. The predicted molar refractivity (Wildman–Crippen MR) is 104 cm³/mol. The van der Waals surface area contributed by atoms with E-state index < -0.39 is 6.16 Å². The summed E-state index contributed by atoms with van der Waals surface area (Å²) in [5, 5.41) is 3.88. The van der Waals surface area contributed by atoms with E-state index in [1.165, 1.54) is 0 Å². The quantitative estimate of drug-likeness (QED) is 0.248. The lowest BCUT2D eigenvalue weighted by atomic mass is 9.98. The molecule has 0 saturated heterocycles. The maximum absolute atomic E-state index is 12.4. The molecule has 3 heteroatoms. The molecule has 128 valence electrons. The molecule has 26 heavy (non-hydrogen) atoms. The monoisotopic (exact) mass is 342 g/mol. The van der Waals surface area contributed by atoms with Crippen molar-refractivity contribution in [1.82, 2.24) is 0 Å². The van der Waals surface area contributed by atoms with Crippen molar-refractivity contribution in [2.75, 3.05) is 0 Å². The standard InChI is InChI=1S/C23H18O3/c1-15-11-12-20-18(13-15)14-17-8-6-7-16(2)21(17)22(20)26-23(24)25-19-9-4-3-5-10-19/h3-14H,1-2H3. The summed E-state index contributed by atoms with van der Waals surface area (Å²) >= 11 is 0. The van der Waals surface area contributed by atoms with Crippen LogP contribution >= 0.6 is 0 Å². The van der Waals surface area contributed by atoms with Gasteiger partial charge in [0.05, 0.1) is 0 Å². The number of fused-ring (bicyclic) bond motifs is 2. The van der Waals surface area contributed by atoms with Crippen LogP contribution in [0.2, 0.25) is 0 Å². The average Bonchev–Trinajstić information content (AvgIpc) is 2.62. The second kappa shape index (κ2) is 6.52. The number of para-hydroxylation sites is 1. The van der Waals surface area contributed by atoms with Crippen LogP contribution in [0.1, 0.15) is 11.1 Å². The zero-order valence-electron chi connectivity index (χ0n) is 14.7. The Bertz CT molecular complexity index is 1110. The van der Waals surface area contributed by atoms with Gasteiger partial charge >= 0.3 is 6.16 Å². The van der Waals surface area contributed by atoms with Crippen LogP contribution in [0.5, 0.6) is 11.5 Å².